The van der Waals surface area contributed by atoms with Crippen molar-refractivity contribution in [2.75, 3.05) is 38.2 Å². The number of anilines is 1. The van der Waals surface area contributed by atoms with Crippen LogP contribution in [0.1, 0.15) is 19.4 Å². The van der Waals surface area contributed by atoms with E-state index >= 15 is 0 Å². The Kier molecular flexibility index (Phi) is 7.17. The van der Waals surface area contributed by atoms with Crippen LogP contribution in [0, 0.1) is 5.82 Å². The van der Waals surface area contributed by atoms with Gasteiger partial charge in [0.2, 0.25) is 5.91 Å². The number of carbonyl (C=O) groups excluding carboxylic acids is 1. The third-order valence-corrected chi connectivity index (χ3v) is 5.98. The lowest BCUT2D eigenvalue weighted by atomic mass is 10.1. The molecule has 0 N–H and O–H groups in total. The third kappa shape index (κ3) is 5.10. The average molecular weight is 416 g/mol. The zero-order valence-corrected chi connectivity index (χ0v) is 17.8. The first-order valence-corrected chi connectivity index (χ1v) is 10.6. The summed E-state index contributed by atoms with van der Waals surface area (Å²) >= 11 is 1.35. The van der Waals surface area contributed by atoms with Gasteiger partial charge in [0.25, 0.3) is 0 Å². The number of methoxy groups -OCH3 is 1. The molecule has 154 valence electrons. The van der Waals surface area contributed by atoms with Crippen LogP contribution < -0.4 is 9.64 Å². The SMILES string of the molecule is CCN(CC)CCN(C(=O)Cc1ccc(OC)cc1)c1nc2c(F)cccc2s1. The van der Waals surface area contributed by atoms with E-state index in [0.717, 1.165) is 35.6 Å². The predicted octanol–water partition coefficient (Wildman–Crippen LogP) is 4.36. The van der Waals surface area contributed by atoms with Gasteiger partial charge >= 0.3 is 0 Å². The maximum atomic E-state index is 14.1. The van der Waals surface area contributed by atoms with E-state index in [2.05, 4.69) is 23.7 Å². The van der Waals surface area contributed by atoms with Crippen LogP contribution in [0.5, 0.6) is 5.75 Å². The number of hydrogen-bond donors (Lipinski definition) is 0. The van der Waals surface area contributed by atoms with E-state index in [9.17, 15) is 9.18 Å². The molecule has 0 saturated heterocycles. The first-order valence-electron chi connectivity index (χ1n) is 9.76. The summed E-state index contributed by atoms with van der Waals surface area (Å²) in [7, 11) is 1.61. The number of rotatable bonds is 9. The molecule has 0 bridgehead atoms. The lowest BCUT2D eigenvalue weighted by Crippen LogP contribution is -2.39. The Hall–Kier alpha value is -2.51. The van der Waals surface area contributed by atoms with E-state index in [0.29, 0.717) is 17.2 Å². The first-order chi connectivity index (χ1) is 14.0. The highest BCUT2D eigenvalue weighted by Gasteiger charge is 2.21. The van der Waals surface area contributed by atoms with Crippen LogP contribution in [0.2, 0.25) is 0 Å². The largest absolute Gasteiger partial charge is 0.497 e. The van der Waals surface area contributed by atoms with Gasteiger partial charge in [-0.1, -0.05) is 43.4 Å². The summed E-state index contributed by atoms with van der Waals surface area (Å²) in [6.07, 6.45) is 0.251. The number of hydrogen-bond acceptors (Lipinski definition) is 5. The molecule has 0 aliphatic heterocycles. The number of likely N-dealkylation sites (N-methyl/N-ethyl adjacent to an activating group) is 1. The van der Waals surface area contributed by atoms with Crippen molar-refractivity contribution in [2.45, 2.75) is 20.3 Å². The van der Waals surface area contributed by atoms with Gasteiger partial charge in [-0.05, 0) is 42.9 Å². The number of carbonyl (C=O) groups is 1. The zero-order valence-electron chi connectivity index (χ0n) is 17.0. The van der Waals surface area contributed by atoms with Crippen LogP contribution in [0.4, 0.5) is 9.52 Å². The van der Waals surface area contributed by atoms with Gasteiger partial charge in [-0.15, -0.1) is 0 Å². The minimum absolute atomic E-state index is 0.0539. The highest BCUT2D eigenvalue weighted by atomic mass is 32.1. The van der Waals surface area contributed by atoms with Crippen molar-refractivity contribution in [3.63, 3.8) is 0 Å². The average Bonchev–Trinajstić information content (AvgIpc) is 3.17. The number of benzene rings is 2. The summed E-state index contributed by atoms with van der Waals surface area (Å²) in [5.41, 5.74) is 1.22. The molecule has 3 aromatic rings. The van der Waals surface area contributed by atoms with E-state index < -0.39 is 0 Å². The monoisotopic (exact) mass is 415 g/mol. The highest BCUT2D eigenvalue weighted by molar-refractivity contribution is 7.22. The summed E-state index contributed by atoms with van der Waals surface area (Å²) in [4.78, 5) is 21.5. The second-order valence-electron chi connectivity index (χ2n) is 6.68. The zero-order chi connectivity index (χ0) is 20.8. The fourth-order valence-electron chi connectivity index (χ4n) is 3.14. The molecular formula is C22H26FN3O2S. The molecule has 0 spiro atoms. The van der Waals surface area contributed by atoms with Crippen molar-refractivity contribution in [3.05, 3.63) is 53.8 Å². The summed E-state index contributed by atoms with van der Waals surface area (Å²) in [5.74, 6) is 0.333. The lowest BCUT2D eigenvalue weighted by Gasteiger charge is -2.24. The molecule has 1 amide bonds. The number of aromatic nitrogens is 1. The van der Waals surface area contributed by atoms with Gasteiger partial charge in [0.15, 0.2) is 5.13 Å². The fraction of sp³-hybridized carbons (Fsp3) is 0.364. The number of halogens is 1. The minimum atomic E-state index is -0.365. The summed E-state index contributed by atoms with van der Waals surface area (Å²) in [6.45, 7) is 7.26. The van der Waals surface area contributed by atoms with E-state index in [1.807, 2.05) is 30.3 Å². The first kappa shape index (κ1) is 21.2. The Labute approximate surface area is 174 Å². The minimum Gasteiger partial charge on any atom is -0.497 e. The van der Waals surface area contributed by atoms with Gasteiger partial charge in [-0.25, -0.2) is 9.37 Å². The van der Waals surface area contributed by atoms with Gasteiger partial charge < -0.3 is 9.64 Å². The molecule has 1 aromatic heterocycles. The standard InChI is InChI=1S/C22H26FN3O2S/c1-4-25(5-2)13-14-26(20(27)15-16-9-11-17(28-3)12-10-16)22-24-21-18(23)7-6-8-19(21)29-22/h6-12H,4-5,13-15H2,1-3H3. The molecule has 1 heterocycles. The van der Waals surface area contributed by atoms with Crippen molar-refractivity contribution in [2.24, 2.45) is 0 Å². The van der Waals surface area contributed by atoms with Crippen molar-refractivity contribution in [1.29, 1.82) is 0 Å². The van der Waals surface area contributed by atoms with Crippen molar-refractivity contribution < 1.29 is 13.9 Å². The summed E-state index contributed by atoms with van der Waals surface area (Å²) < 4.78 is 20.0. The number of para-hydroxylation sites is 1. The molecule has 3 rings (SSSR count). The van der Waals surface area contributed by atoms with Gasteiger partial charge in [-0.3, -0.25) is 9.69 Å². The molecule has 7 heteroatoms. The van der Waals surface area contributed by atoms with Crippen LogP contribution in [0.15, 0.2) is 42.5 Å². The molecule has 0 unspecified atom stereocenters. The van der Waals surface area contributed by atoms with E-state index in [-0.39, 0.29) is 18.1 Å². The quantitative estimate of drug-likeness (QED) is 0.521. The normalized spacial score (nSPS) is 11.2. The van der Waals surface area contributed by atoms with Gasteiger partial charge in [0.05, 0.1) is 18.2 Å². The maximum Gasteiger partial charge on any atom is 0.233 e. The number of ether oxygens (including phenoxy) is 1. The Morgan fingerprint density at radius 2 is 1.83 bits per heavy atom. The summed E-state index contributed by atoms with van der Waals surface area (Å²) in [5, 5.41) is 0.538. The van der Waals surface area contributed by atoms with E-state index in [1.54, 1.807) is 18.1 Å². The number of nitrogens with zero attached hydrogens (tertiary/aromatic N) is 3. The molecular weight excluding hydrogens is 389 g/mol. The molecule has 29 heavy (non-hydrogen) atoms. The molecule has 0 radical (unpaired) electrons. The van der Waals surface area contributed by atoms with E-state index in [4.69, 9.17) is 4.74 Å². The Bertz CT molecular complexity index is 954. The third-order valence-electron chi connectivity index (χ3n) is 4.94. The van der Waals surface area contributed by atoms with Gasteiger partial charge in [0, 0.05) is 13.1 Å². The van der Waals surface area contributed by atoms with Gasteiger partial charge in [-0.2, -0.15) is 0 Å². The number of fused-ring (bicyclic) bond motifs is 1. The maximum absolute atomic E-state index is 14.1. The molecule has 0 aliphatic carbocycles. The molecule has 5 nitrogen and oxygen atoms in total. The Morgan fingerprint density at radius 1 is 1.10 bits per heavy atom. The van der Waals surface area contributed by atoms with Crippen molar-refractivity contribution in [3.8, 4) is 5.75 Å². The molecule has 0 fully saturated rings. The van der Waals surface area contributed by atoms with Crippen LogP contribution in [0.25, 0.3) is 10.2 Å². The number of amides is 1. The predicted molar refractivity (Wildman–Crippen MR) is 116 cm³/mol. The molecule has 0 aliphatic rings. The molecule has 0 atom stereocenters. The lowest BCUT2D eigenvalue weighted by molar-refractivity contribution is -0.118. The molecule has 0 saturated carbocycles. The van der Waals surface area contributed by atoms with E-state index in [1.165, 1.54) is 17.4 Å². The van der Waals surface area contributed by atoms with Crippen LogP contribution in [-0.2, 0) is 11.2 Å². The Morgan fingerprint density at radius 3 is 2.45 bits per heavy atom. The second-order valence-corrected chi connectivity index (χ2v) is 7.69. The Balaban J connectivity index is 1.86. The van der Waals surface area contributed by atoms with Crippen LogP contribution >= 0.6 is 11.3 Å². The highest BCUT2D eigenvalue weighted by Crippen LogP contribution is 2.30. The smallest absolute Gasteiger partial charge is 0.233 e. The molecule has 2 aromatic carbocycles. The van der Waals surface area contributed by atoms with Crippen LogP contribution in [-0.4, -0.2) is 49.1 Å². The van der Waals surface area contributed by atoms with Gasteiger partial charge in [0.1, 0.15) is 17.1 Å². The fourth-order valence-corrected chi connectivity index (χ4v) is 4.16. The summed E-state index contributed by atoms with van der Waals surface area (Å²) in [6, 6.07) is 12.3. The number of thiazole rings is 1. The van der Waals surface area contributed by atoms with Crippen molar-refractivity contribution in [1.82, 2.24) is 9.88 Å². The second kappa shape index (κ2) is 9.80. The topological polar surface area (TPSA) is 45.7 Å². The van der Waals surface area contributed by atoms with Crippen molar-refractivity contribution >= 4 is 32.6 Å². The van der Waals surface area contributed by atoms with Crippen LogP contribution in [0.3, 0.4) is 0 Å².